The minimum Gasteiger partial charge on any atom is -0.396 e. The van der Waals surface area contributed by atoms with Crippen LogP contribution in [0.2, 0.25) is 0 Å². The standard InChI is InChI=1S/C17H29N3O/c1-3-10-18-14(2)16-9-4-11-19-17(16)20-12-5-7-15(20)8-6-13-21/h4,9,11,14-15,18,21H,3,5-8,10,12-13H2,1-2H3. The van der Waals surface area contributed by atoms with Crippen LogP contribution in [0, 0.1) is 0 Å². The number of hydrogen-bond acceptors (Lipinski definition) is 4. The van der Waals surface area contributed by atoms with Crippen LogP contribution in [0.1, 0.15) is 57.6 Å². The maximum atomic E-state index is 9.08. The van der Waals surface area contributed by atoms with Gasteiger partial charge in [0.25, 0.3) is 0 Å². The van der Waals surface area contributed by atoms with Crippen molar-refractivity contribution < 1.29 is 5.11 Å². The molecule has 4 heteroatoms. The van der Waals surface area contributed by atoms with Gasteiger partial charge in [-0.2, -0.15) is 0 Å². The highest BCUT2D eigenvalue weighted by atomic mass is 16.2. The van der Waals surface area contributed by atoms with Crippen molar-refractivity contribution in [3.8, 4) is 0 Å². The molecule has 4 nitrogen and oxygen atoms in total. The molecule has 118 valence electrons. The number of nitrogens with zero attached hydrogens (tertiary/aromatic N) is 2. The van der Waals surface area contributed by atoms with E-state index in [1.54, 1.807) is 0 Å². The van der Waals surface area contributed by atoms with Crippen LogP contribution in [0.4, 0.5) is 5.82 Å². The van der Waals surface area contributed by atoms with Crippen molar-refractivity contribution >= 4 is 5.82 Å². The van der Waals surface area contributed by atoms with Crippen molar-refractivity contribution in [2.24, 2.45) is 0 Å². The summed E-state index contributed by atoms with van der Waals surface area (Å²) in [6.07, 6.45) is 7.42. The van der Waals surface area contributed by atoms with Crippen molar-refractivity contribution in [1.29, 1.82) is 0 Å². The topological polar surface area (TPSA) is 48.4 Å². The molecular formula is C17H29N3O. The molecule has 21 heavy (non-hydrogen) atoms. The van der Waals surface area contributed by atoms with Gasteiger partial charge in [0.05, 0.1) is 0 Å². The third-order valence-corrected chi connectivity index (χ3v) is 4.33. The highest BCUT2D eigenvalue weighted by Crippen LogP contribution is 2.31. The molecule has 0 aliphatic carbocycles. The Labute approximate surface area is 128 Å². The van der Waals surface area contributed by atoms with Crippen LogP contribution in [0.3, 0.4) is 0 Å². The van der Waals surface area contributed by atoms with Gasteiger partial charge >= 0.3 is 0 Å². The molecule has 2 rings (SSSR count). The summed E-state index contributed by atoms with van der Waals surface area (Å²) in [7, 11) is 0. The molecule has 1 saturated heterocycles. The van der Waals surface area contributed by atoms with E-state index < -0.39 is 0 Å². The van der Waals surface area contributed by atoms with Gasteiger partial charge in [0, 0.05) is 37.0 Å². The normalized spacial score (nSPS) is 20.0. The van der Waals surface area contributed by atoms with E-state index in [1.807, 2.05) is 12.3 Å². The van der Waals surface area contributed by atoms with Crippen molar-refractivity contribution in [1.82, 2.24) is 10.3 Å². The minimum atomic E-state index is 0.286. The summed E-state index contributed by atoms with van der Waals surface area (Å²) in [5, 5.41) is 12.6. The largest absolute Gasteiger partial charge is 0.396 e. The second kappa shape index (κ2) is 8.35. The van der Waals surface area contributed by atoms with Gasteiger partial charge in [-0.25, -0.2) is 4.98 Å². The van der Waals surface area contributed by atoms with Crippen LogP contribution in [-0.2, 0) is 0 Å². The Bertz CT molecular complexity index is 424. The monoisotopic (exact) mass is 291 g/mol. The van der Waals surface area contributed by atoms with Gasteiger partial charge in [-0.3, -0.25) is 0 Å². The first-order valence-electron chi connectivity index (χ1n) is 8.33. The average Bonchev–Trinajstić information content (AvgIpc) is 2.98. The van der Waals surface area contributed by atoms with E-state index in [4.69, 9.17) is 5.11 Å². The van der Waals surface area contributed by atoms with Crippen molar-refractivity contribution in [3.05, 3.63) is 23.9 Å². The predicted molar refractivity (Wildman–Crippen MR) is 87.6 cm³/mol. The van der Waals surface area contributed by atoms with Gasteiger partial charge in [-0.1, -0.05) is 13.0 Å². The van der Waals surface area contributed by atoms with Gasteiger partial charge in [-0.15, -0.1) is 0 Å². The molecule has 0 radical (unpaired) electrons. The average molecular weight is 291 g/mol. The third-order valence-electron chi connectivity index (χ3n) is 4.33. The summed E-state index contributed by atoms with van der Waals surface area (Å²) in [5.74, 6) is 1.13. The lowest BCUT2D eigenvalue weighted by molar-refractivity contribution is 0.279. The van der Waals surface area contributed by atoms with E-state index in [9.17, 15) is 0 Å². The summed E-state index contributed by atoms with van der Waals surface area (Å²) < 4.78 is 0. The summed E-state index contributed by atoms with van der Waals surface area (Å²) >= 11 is 0. The molecule has 0 saturated carbocycles. The molecule has 1 aliphatic heterocycles. The maximum Gasteiger partial charge on any atom is 0.133 e. The number of aliphatic hydroxyl groups is 1. The predicted octanol–water partition coefficient (Wildman–Crippen LogP) is 2.88. The lowest BCUT2D eigenvalue weighted by Gasteiger charge is -2.29. The quantitative estimate of drug-likeness (QED) is 0.773. The number of nitrogens with one attached hydrogen (secondary N) is 1. The van der Waals surface area contributed by atoms with Crippen molar-refractivity contribution in [2.45, 2.75) is 58.0 Å². The molecule has 2 N–H and O–H groups in total. The summed E-state index contributed by atoms with van der Waals surface area (Å²) in [6.45, 7) is 6.81. The molecule has 1 aliphatic rings. The van der Waals surface area contributed by atoms with Gasteiger partial charge < -0.3 is 15.3 Å². The zero-order chi connectivity index (χ0) is 15.1. The number of aromatic nitrogens is 1. The van der Waals surface area contributed by atoms with Crippen LogP contribution in [0.5, 0.6) is 0 Å². The Kier molecular flexibility index (Phi) is 6.46. The fourth-order valence-corrected chi connectivity index (χ4v) is 3.20. The van der Waals surface area contributed by atoms with E-state index in [-0.39, 0.29) is 6.61 Å². The van der Waals surface area contributed by atoms with Gasteiger partial charge in [0.2, 0.25) is 0 Å². The second-order valence-corrected chi connectivity index (χ2v) is 5.95. The number of rotatable bonds is 8. The van der Waals surface area contributed by atoms with Crippen LogP contribution < -0.4 is 10.2 Å². The molecule has 0 bridgehead atoms. The van der Waals surface area contributed by atoms with Crippen molar-refractivity contribution in [2.75, 3.05) is 24.6 Å². The van der Waals surface area contributed by atoms with Crippen molar-refractivity contribution in [3.63, 3.8) is 0 Å². The number of hydrogen-bond donors (Lipinski definition) is 2. The SMILES string of the molecule is CCCNC(C)c1cccnc1N1CCCC1CCCO. The molecule has 1 aromatic heterocycles. The molecule has 0 amide bonds. The lowest BCUT2D eigenvalue weighted by Crippen LogP contribution is -2.32. The Morgan fingerprint density at radius 3 is 3.14 bits per heavy atom. The van der Waals surface area contributed by atoms with Gasteiger partial charge in [0.15, 0.2) is 0 Å². The summed E-state index contributed by atoms with van der Waals surface area (Å²) in [6, 6.07) is 5.08. The molecule has 1 aromatic rings. The summed E-state index contributed by atoms with van der Waals surface area (Å²) in [5.41, 5.74) is 1.29. The fraction of sp³-hybridized carbons (Fsp3) is 0.706. The van der Waals surface area contributed by atoms with Crippen LogP contribution in [-0.4, -0.2) is 35.8 Å². The first-order valence-corrected chi connectivity index (χ1v) is 8.33. The Hall–Kier alpha value is -1.13. The van der Waals surface area contributed by atoms with E-state index >= 15 is 0 Å². The van der Waals surface area contributed by atoms with Crippen LogP contribution >= 0.6 is 0 Å². The molecule has 1 fully saturated rings. The Balaban J connectivity index is 2.14. The van der Waals surface area contributed by atoms with E-state index in [0.29, 0.717) is 12.1 Å². The minimum absolute atomic E-state index is 0.286. The summed E-state index contributed by atoms with van der Waals surface area (Å²) in [4.78, 5) is 7.13. The zero-order valence-corrected chi connectivity index (χ0v) is 13.4. The Morgan fingerprint density at radius 2 is 2.38 bits per heavy atom. The second-order valence-electron chi connectivity index (χ2n) is 5.95. The van der Waals surface area contributed by atoms with Gasteiger partial charge in [-0.05, 0) is 51.6 Å². The molecule has 0 aromatic carbocycles. The number of pyridine rings is 1. The first-order chi connectivity index (χ1) is 10.3. The third kappa shape index (κ3) is 4.17. The molecule has 2 unspecified atom stereocenters. The number of anilines is 1. The molecule has 0 spiro atoms. The highest BCUT2D eigenvalue weighted by molar-refractivity contribution is 5.50. The molecular weight excluding hydrogens is 262 g/mol. The van der Waals surface area contributed by atoms with Crippen LogP contribution in [0.15, 0.2) is 18.3 Å². The van der Waals surface area contributed by atoms with E-state index in [2.05, 4.69) is 35.1 Å². The molecule has 2 heterocycles. The van der Waals surface area contributed by atoms with Crippen LogP contribution in [0.25, 0.3) is 0 Å². The fourth-order valence-electron chi connectivity index (χ4n) is 3.20. The number of aliphatic hydroxyl groups excluding tert-OH is 1. The maximum absolute atomic E-state index is 9.08. The Morgan fingerprint density at radius 1 is 1.52 bits per heavy atom. The molecule has 2 atom stereocenters. The van der Waals surface area contributed by atoms with E-state index in [0.717, 1.165) is 38.2 Å². The lowest BCUT2D eigenvalue weighted by atomic mass is 10.1. The zero-order valence-electron chi connectivity index (χ0n) is 13.4. The van der Waals surface area contributed by atoms with Gasteiger partial charge in [0.1, 0.15) is 5.82 Å². The van der Waals surface area contributed by atoms with E-state index in [1.165, 1.54) is 18.4 Å². The first kappa shape index (κ1) is 16.2. The smallest absolute Gasteiger partial charge is 0.133 e. The highest BCUT2D eigenvalue weighted by Gasteiger charge is 2.27.